The number of hydrogen-bond acceptors (Lipinski definition) is 3. The van der Waals surface area contributed by atoms with Crippen LogP contribution in [0.25, 0.3) is 0 Å². The van der Waals surface area contributed by atoms with E-state index in [0.717, 1.165) is 0 Å². The molecule has 0 aliphatic heterocycles. The van der Waals surface area contributed by atoms with E-state index in [2.05, 4.69) is 11.2 Å². The number of aliphatic carboxylic acids is 1. The Kier molecular flexibility index (Phi) is 6.97. The molecule has 0 spiro atoms. The SMILES string of the molecule is C#CCN(CCNC(C)=O)CC(C)C(=O)O. The molecule has 1 atom stereocenters. The van der Waals surface area contributed by atoms with Crippen LogP contribution in [0.1, 0.15) is 13.8 Å². The molecule has 1 amide bonds. The smallest absolute Gasteiger partial charge is 0.307 e. The highest BCUT2D eigenvalue weighted by Crippen LogP contribution is 1.99. The van der Waals surface area contributed by atoms with Crippen LogP contribution in [-0.2, 0) is 9.59 Å². The molecule has 0 aliphatic carbocycles. The van der Waals surface area contributed by atoms with Gasteiger partial charge in [0.2, 0.25) is 5.91 Å². The maximum Gasteiger partial charge on any atom is 0.307 e. The summed E-state index contributed by atoms with van der Waals surface area (Å²) in [6.07, 6.45) is 5.19. The molecule has 0 radical (unpaired) electrons. The number of nitrogens with zero attached hydrogens (tertiary/aromatic N) is 1. The van der Waals surface area contributed by atoms with Crippen molar-refractivity contribution >= 4 is 11.9 Å². The fraction of sp³-hybridized carbons (Fsp3) is 0.636. The second-order valence-electron chi connectivity index (χ2n) is 3.66. The van der Waals surface area contributed by atoms with Crippen LogP contribution < -0.4 is 5.32 Å². The minimum absolute atomic E-state index is 0.105. The molecular weight excluding hydrogens is 208 g/mol. The molecule has 0 saturated heterocycles. The molecule has 5 heteroatoms. The van der Waals surface area contributed by atoms with Crippen molar-refractivity contribution in [3.8, 4) is 12.3 Å². The van der Waals surface area contributed by atoms with Gasteiger partial charge in [0.25, 0.3) is 0 Å². The van der Waals surface area contributed by atoms with Crippen molar-refractivity contribution in [1.29, 1.82) is 0 Å². The molecule has 90 valence electrons. The minimum Gasteiger partial charge on any atom is -0.481 e. The number of carboxylic acid groups (broad SMARTS) is 1. The molecule has 0 rings (SSSR count). The Hall–Kier alpha value is -1.54. The average molecular weight is 226 g/mol. The lowest BCUT2D eigenvalue weighted by Crippen LogP contribution is -2.38. The van der Waals surface area contributed by atoms with Gasteiger partial charge in [0.05, 0.1) is 12.5 Å². The number of amides is 1. The summed E-state index contributed by atoms with van der Waals surface area (Å²) in [4.78, 5) is 23.2. The molecule has 0 fully saturated rings. The second-order valence-corrected chi connectivity index (χ2v) is 3.66. The minimum atomic E-state index is -0.846. The van der Waals surface area contributed by atoms with Crippen molar-refractivity contribution in [2.45, 2.75) is 13.8 Å². The van der Waals surface area contributed by atoms with Gasteiger partial charge in [-0.25, -0.2) is 0 Å². The van der Waals surface area contributed by atoms with Gasteiger partial charge in [-0.3, -0.25) is 14.5 Å². The number of rotatable bonds is 7. The summed E-state index contributed by atoms with van der Waals surface area (Å²) in [5, 5.41) is 11.4. The van der Waals surface area contributed by atoms with Crippen molar-refractivity contribution < 1.29 is 14.7 Å². The van der Waals surface area contributed by atoms with E-state index in [1.165, 1.54) is 6.92 Å². The van der Waals surface area contributed by atoms with E-state index >= 15 is 0 Å². The topological polar surface area (TPSA) is 69.6 Å². The van der Waals surface area contributed by atoms with Crippen molar-refractivity contribution in [2.24, 2.45) is 5.92 Å². The van der Waals surface area contributed by atoms with Gasteiger partial charge in [-0.15, -0.1) is 6.42 Å². The van der Waals surface area contributed by atoms with Gasteiger partial charge in [0, 0.05) is 26.6 Å². The molecule has 0 saturated carbocycles. The molecule has 0 aliphatic rings. The fourth-order valence-electron chi connectivity index (χ4n) is 1.22. The largest absolute Gasteiger partial charge is 0.481 e. The quantitative estimate of drug-likeness (QED) is 0.589. The lowest BCUT2D eigenvalue weighted by Gasteiger charge is -2.21. The van der Waals surface area contributed by atoms with E-state index in [4.69, 9.17) is 11.5 Å². The summed E-state index contributed by atoms with van der Waals surface area (Å²) >= 11 is 0. The van der Waals surface area contributed by atoms with Gasteiger partial charge in [-0.05, 0) is 0 Å². The van der Waals surface area contributed by atoms with Crippen molar-refractivity contribution in [1.82, 2.24) is 10.2 Å². The molecule has 0 aromatic carbocycles. The Bertz CT molecular complexity index is 283. The Morgan fingerprint density at radius 1 is 1.56 bits per heavy atom. The number of carbonyl (C=O) groups excluding carboxylic acids is 1. The Balaban J connectivity index is 4.02. The van der Waals surface area contributed by atoms with Crippen LogP contribution >= 0.6 is 0 Å². The Morgan fingerprint density at radius 3 is 2.62 bits per heavy atom. The maximum absolute atomic E-state index is 10.7. The third-order valence-electron chi connectivity index (χ3n) is 2.07. The first-order valence-electron chi connectivity index (χ1n) is 5.10. The Labute approximate surface area is 95.8 Å². The summed E-state index contributed by atoms with van der Waals surface area (Å²) in [6.45, 7) is 4.87. The molecular formula is C11H18N2O3. The van der Waals surface area contributed by atoms with Crippen LogP contribution in [0.4, 0.5) is 0 Å². The number of terminal acetylenes is 1. The summed E-state index contributed by atoms with van der Waals surface area (Å²) < 4.78 is 0. The zero-order chi connectivity index (χ0) is 12.6. The van der Waals surface area contributed by atoms with Crippen LogP contribution in [0.15, 0.2) is 0 Å². The standard InChI is InChI=1S/C11H18N2O3/c1-4-6-13(7-5-12-10(3)14)8-9(2)11(15)16/h1,9H,5-8H2,2-3H3,(H,12,14)(H,15,16). The molecule has 1 unspecified atom stereocenters. The van der Waals surface area contributed by atoms with E-state index in [9.17, 15) is 9.59 Å². The summed E-state index contributed by atoms with van der Waals surface area (Å²) in [5.41, 5.74) is 0. The van der Waals surface area contributed by atoms with Crippen LogP contribution in [0, 0.1) is 18.3 Å². The second kappa shape index (κ2) is 7.71. The van der Waals surface area contributed by atoms with Crippen molar-refractivity contribution in [3.63, 3.8) is 0 Å². The van der Waals surface area contributed by atoms with E-state index < -0.39 is 11.9 Å². The number of nitrogens with one attached hydrogen (secondary N) is 1. The summed E-state index contributed by atoms with van der Waals surface area (Å²) in [7, 11) is 0. The zero-order valence-electron chi connectivity index (χ0n) is 9.69. The van der Waals surface area contributed by atoms with Gasteiger partial charge >= 0.3 is 5.97 Å². The predicted octanol–water partition coefficient (Wildman–Crippen LogP) is -0.222. The molecule has 16 heavy (non-hydrogen) atoms. The van der Waals surface area contributed by atoms with E-state index in [1.54, 1.807) is 6.92 Å². The third-order valence-corrected chi connectivity index (χ3v) is 2.07. The average Bonchev–Trinajstić information content (AvgIpc) is 2.17. The van der Waals surface area contributed by atoms with Crippen LogP contribution in [0.5, 0.6) is 0 Å². The van der Waals surface area contributed by atoms with Gasteiger partial charge in [-0.1, -0.05) is 12.8 Å². The van der Waals surface area contributed by atoms with Gasteiger partial charge < -0.3 is 10.4 Å². The lowest BCUT2D eigenvalue weighted by molar-refractivity contribution is -0.141. The van der Waals surface area contributed by atoms with Gasteiger partial charge in [0.1, 0.15) is 0 Å². The van der Waals surface area contributed by atoms with Gasteiger partial charge in [-0.2, -0.15) is 0 Å². The normalized spacial score (nSPS) is 11.9. The van der Waals surface area contributed by atoms with Crippen LogP contribution in [0.3, 0.4) is 0 Å². The highest BCUT2D eigenvalue weighted by atomic mass is 16.4. The molecule has 5 nitrogen and oxygen atoms in total. The maximum atomic E-state index is 10.7. The molecule has 0 aromatic heterocycles. The number of hydrogen-bond donors (Lipinski definition) is 2. The molecule has 0 heterocycles. The lowest BCUT2D eigenvalue weighted by atomic mass is 10.1. The summed E-state index contributed by atoms with van der Waals surface area (Å²) in [6, 6.07) is 0. The number of carboxylic acids is 1. The first kappa shape index (κ1) is 14.5. The van der Waals surface area contributed by atoms with Gasteiger partial charge in [0.15, 0.2) is 0 Å². The molecule has 0 aromatic rings. The fourth-order valence-corrected chi connectivity index (χ4v) is 1.22. The Morgan fingerprint density at radius 2 is 2.19 bits per heavy atom. The predicted molar refractivity (Wildman–Crippen MR) is 60.8 cm³/mol. The van der Waals surface area contributed by atoms with Crippen molar-refractivity contribution in [3.05, 3.63) is 0 Å². The first-order chi connectivity index (χ1) is 7.47. The monoisotopic (exact) mass is 226 g/mol. The van der Waals surface area contributed by atoms with Crippen LogP contribution in [-0.4, -0.2) is 48.1 Å². The van der Waals surface area contributed by atoms with E-state index in [0.29, 0.717) is 26.2 Å². The molecule has 0 bridgehead atoms. The van der Waals surface area contributed by atoms with E-state index in [1.807, 2.05) is 4.90 Å². The van der Waals surface area contributed by atoms with Crippen LogP contribution in [0.2, 0.25) is 0 Å². The number of carbonyl (C=O) groups is 2. The van der Waals surface area contributed by atoms with E-state index in [-0.39, 0.29) is 5.91 Å². The van der Waals surface area contributed by atoms with Crippen molar-refractivity contribution in [2.75, 3.05) is 26.2 Å². The third kappa shape index (κ3) is 6.85. The highest BCUT2D eigenvalue weighted by Gasteiger charge is 2.15. The zero-order valence-corrected chi connectivity index (χ0v) is 9.69. The molecule has 2 N–H and O–H groups in total. The first-order valence-corrected chi connectivity index (χ1v) is 5.10. The highest BCUT2D eigenvalue weighted by molar-refractivity contribution is 5.72. The summed E-state index contributed by atoms with van der Waals surface area (Å²) in [5.74, 6) is 1.05.